The monoisotopic (exact) mass is 259 g/mol. The normalized spacial score (nSPS) is 12.6. The first-order valence-electron chi connectivity index (χ1n) is 6.28. The van der Waals surface area contributed by atoms with Gasteiger partial charge in [0, 0.05) is 5.39 Å². The van der Waals surface area contributed by atoms with Crippen LogP contribution in [-0.4, -0.2) is 22.2 Å². The molecule has 2 aromatic rings. The van der Waals surface area contributed by atoms with Crippen molar-refractivity contribution in [3.8, 4) is 5.88 Å². The molecule has 0 aliphatic carbocycles. The fourth-order valence-corrected chi connectivity index (χ4v) is 1.68. The zero-order valence-electron chi connectivity index (χ0n) is 11.3. The number of carboxylic acids is 1. The fourth-order valence-electron chi connectivity index (χ4n) is 1.68. The summed E-state index contributed by atoms with van der Waals surface area (Å²) in [6.07, 6.45) is -0.0278. The second kappa shape index (κ2) is 5.26. The van der Waals surface area contributed by atoms with E-state index in [0.717, 1.165) is 10.8 Å². The zero-order chi connectivity index (χ0) is 14.0. The standard InChI is InChI=1S/C15H17NO3/c1-9(2)10(3)19-14-12-7-5-4-6-11(12)8-13(16-14)15(17)18/h4-10H,1-3H3,(H,17,18). The second-order valence-electron chi connectivity index (χ2n) is 4.91. The lowest BCUT2D eigenvalue weighted by Crippen LogP contribution is -2.20. The summed E-state index contributed by atoms with van der Waals surface area (Å²) in [4.78, 5) is 15.2. The third-order valence-electron chi connectivity index (χ3n) is 3.16. The molecule has 1 aromatic carbocycles. The van der Waals surface area contributed by atoms with Crippen molar-refractivity contribution in [3.05, 3.63) is 36.0 Å². The highest BCUT2D eigenvalue weighted by molar-refractivity contribution is 5.94. The minimum absolute atomic E-state index is 0.00431. The Balaban J connectivity index is 2.53. The number of fused-ring (bicyclic) bond motifs is 1. The number of benzene rings is 1. The molecular formula is C15H17NO3. The van der Waals surface area contributed by atoms with Crippen LogP contribution in [0.5, 0.6) is 5.88 Å². The van der Waals surface area contributed by atoms with E-state index in [9.17, 15) is 4.79 Å². The van der Waals surface area contributed by atoms with Gasteiger partial charge in [-0.3, -0.25) is 0 Å². The zero-order valence-corrected chi connectivity index (χ0v) is 11.3. The third kappa shape index (κ3) is 2.84. The quantitative estimate of drug-likeness (QED) is 0.914. The number of hydrogen-bond acceptors (Lipinski definition) is 3. The van der Waals surface area contributed by atoms with Gasteiger partial charge in [-0.15, -0.1) is 0 Å². The van der Waals surface area contributed by atoms with Gasteiger partial charge in [-0.1, -0.05) is 32.0 Å². The summed E-state index contributed by atoms with van der Waals surface area (Å²) in [5.41, 5.74) is 0.00431. The van der Waals surface area contributed by atoms with Crippen LogP contribution in [0.15, 0.2) is 30.3 Å². The molecule has 2 rings (SSSR count). The average molecular weight is 259 g/mol. The van der Waals surface area contributed by atoms with Crippen LogP contribution in [0.1, 0.15) is 31.3 Å². The molecule has 0 spiro atoms. The lowest BCUT2D eigenvalue weighted by atomic mass is 10.1. The SMILES string of the molecule is CC(C)C(C)Oc1nc(C(=O)O)cc2ccccc12. The molecule has 1 unspecified atom stereocenters. The van der Waals surface area contributed by atoms with Crippen LogP contribution in [-0.2, 0) is 0 Å². The fraction of sp³-hybridized carbons (Fsp3) is 0.333. The predicted molar refractivity (Wildman–Crippen MR) is 73.6 cm³/mol. The summed E-state index contributed by atoms with van der Waals surface area (Å²) >= 11 is 0. The molecule has 1 aromatic heterocycles. The minimum Gasteiger partial charge on any atom is -0.477 e. The molecule has 0 aliphatic heterocycles. The van der Waals surface area contributed by atoms with Gasteiger partial charge in [0.25, 0.3) is 0 Å². The minimum atomic E-state index is -1.05. The van der Waals surface area contributed by atoms with Crippen molar-refractivity contribution in [2.24, 2.45) is 5.92 Å². The van der Waals surface area contributed by atoms with Gasteiger partial charge < -0.3 is 9.84 Å². The molecule has 1 N–H and O–H groups in total. The molecule has 0 fully saturated rings. The maximum absolute atomic E-state index is 11.1. The highest BCUT2D eigenvalue weighted by Gasteiger charge is 2.15. The van der Waals surface area contributed by atoms with Crippen molar-refractivity contribution >= 4 is 16.7 Å². The molecule has 0 amide bonds. The van der Waals surface area contributed by atoms with E-state index >= 15 is 0 Å². The molecule has 4 heteroatoms. The highest BCUT2D eigenvalue weighted by Crippen LogP contribution is 2.26. The van der Waals surface area contributed by atoms with Crippen LogP contribution in [0.3, 0.4) is 0 Å². The Kier molecular flexibility index (Phi) is 3.69. The van der Waals surface area contributed by atoms with Crippen molar-refractivity contribution in [2.75, 3.05) is 0 Å². The first-order valence-corrected chi connectivity index (χ1v) is 6.28. The van der Waals surface area contributed by atoms with Gasteiger partial charge in [0.1, 0.15) is 0 Å². The number of rotatable bonds is 4. The molecule has 100 valence electrons. The van der Waals surface area contributed by atoms with E-state index in [4.69, 9.17) is 9.84 Å². The number of ether oxygens (including phenoxy) is 1. The van der Waals surface area contributed by atoms with Gasteiger partial charge in [0.2, 0.25) is 5.88 Å². The topological polar surface area (TPSA) is 59.4 Å². The summed E-state index contributed by atoms with van der Waals surface area (Å²) in [7, 11) is 0. The van der Waals surface area contributed by atoms with E-state index in [2.05, 4.69) is 4.98 Å². The number of aromatic nitrogens is 1. The van der Waals surface area contributed by atoms with Crippen LogP contribution < -0.4 is 4.74 Å². The van der Waals surface area contributed by atoms with Crippen molar-refractivity contribution in [2.45, 2.75) is 26.9 Å². The summed E-state index contributed by atoms with van der Waals surface area (Å²) < 4.78 is 5.81. The van der Waals surface area contributed by atoms with E-state index in [-0.39, 0.29) is 11.8 Å². The van der Waals surface area contributed by atoms with Gasteiger partial charge in [-0.25, -0.2) is 9.78 Å². The Labute approximate surface area is 112 Å². The first kappa shape index (κ1) is 13.3. The number of carbonyl (C=O) groups is 1. The molecule has 19 heavy (non-hydrogen) atoms. The van der Waals surface area contributed by atoms with Gasteiger partial charge in [-0.2, -0.15) is 0 Å². The maximum Gasteiger partial charge on any atom is 0.354 e. The lowest BCUT2D eigenvalue weighted by Gasteiger charge is -2.18. The van der Waals surface area contributed by atoms with E-state index in [0.29, 0.717) is 11.8 Å². The Morgan fingerprint density at radius 3 is 2.58 bits per heavy atom. The molecular weight excluding hydrogens is 242 g/mol. The van der Waals surface area contributed by atoms with Crippen LogP contribution in [0.25, 0.3) is 10.8 Å². The molecule has 0 saturated heterocycles. The molecule has 0 bridgehead atoms. The van der Waals surface area contributed by atoms with Gasteiger partial charge >= 0.3 is 5.97 Å². The smallest absolute Gasteiger partial charge is 0.354 e. The molecule has 4 nitrogen and oxygen atoms in total. The molecule has 1 atom stereocenters. The number of pyridine rings is 1. The van der Waals surface area contributed by atoms with Crippen molar-refractivity contribution in [3.63, 3.8) is 0 Å². The van der Waals surface area contributed by atoms with E-state index in [1.807, 2.05) is 45.0 Å². The van der Waals surface area contributed by atoms with Crippen molar-refractivity contribution in [1.82, 2.24) is 4.98 Å². The molecule has 0 saturated carbocycles. The summed E-state index contributed by atoms with van der Waals surface area (Å²) in [6.45, 7) is 6.05. The van der Waals surface area contributed by atoms with E-state index < -0.39 is 5.97 Å². The highest BCUT2D eigenvalue weighted by atomic mass is 16.5. The second-order valence-corrected chi connectivity index (χ2v) is 4.91. The Morgan fingerprint density at radius 1 is 1.26 bits per heavy atom. The number of nitrogens with zero attached hydrogens (tertiary/aromatic N) is 1. The lowest BCUT2D eigenvalue weighted by molar-refractivity contribution is 0.0688. The largest absolute Gasteiger partial charge is 0.477 e. The van der Waals surface area contributed by atoms with E-state index in [1.165, 1.54) is 0 Å². The van der Waals surface area contributed by atoms with Crippen LogP contribution in [0.4, 0.5) is 0 Å². The van der Waals surface area contributed by atoms with Crippen molar-refractivity contribution in [1.29, 1.82) is 0 Å². The average Bonchev–Trinajstić information content (AvgIpc) is 2.38. The summed E-state index contributed by atoms with van der Waals surface area (Å²) in [5.74, 6) is -0.335. The Morgan fingerprint density at radius 2 is 1.95 bits per heavy atom. The summed E-state index contributed by atoms with van der Waals surface area (Å²) in [6, 6.07) is 9.05. The molecule has 0 radical (unpaired) electrons. The summed E-state index contributed by atoms with van der Waals surface area (Å²) in [5, 5.41) is 10.7. The Bertz CT molecular complexity index is 607. The number of aromatic carboxylic acids is 1. The van der Waals surface area contributed by atoms with Crippen LogP contribution in [0.2, 0.25) is 0 Å². The first-order chi connectivity index (χ1) is 8.99. The number of carboxylic acid groups (broad SMARTS) is 1. The maximum atomic E-state index is 11.1. The predicted octanol–water partition coefficient (Wildman–Crippen LogP) is 3.36. The van der Waals surface area contributed by atoms with Gasteiger partial charge in [0.15, 0.2) is 5.69 Å². The van der Waals surface area contributed by atoms with Crippen LogP contribution in [0, 0.1) is 5.92 Å². The Hall–Kier alpha value is -2.10. The van der Waals surface area contributed by atoms with Crippen molar-refractivity contribution < 1.29 is 14.6 Å². The molecule has 1 heterocycles. The van der Waals surface area contributed by atoms with Crippen LogP contribution >= 0.6 is 0 Å². The van der Waals surface area contributed by atoms with E-state index in [1.54, 1.807) is 6.07 Å². The molecule has 0 aliphatic rings. The third-order valence-corrected chi connectivity index (χ3v) is 3.16. The van der Waals surface area contributed by atoms with Gasteiger partial charge in [-0.05, 0) is 30.4 Å². The number of hydrogen-bond donors (Lipinski definition) is 1. The van der Waals surface area contributed by atoms with Gasteiger partial charge in [0.05, 0.1) is 6.10 Å².